The molecule has 104 valence electrons. The highest BCUT2D eigenvalue weighted by molar-refractivity contribution is 5.82. The predicted octanol–water partition coefficient (Wildman–Crippen LogP) is 1.90. The van der Waals surface area contributed by atoms with Crippen molar-refractivity contribution in [1.82, 2.24) is 4.90 Å². The number of halogens is 1. The van der Waals surface area contributed by atoms with Crippen molar-refractivity contribution in [3.8, 4) is 0 Å². The Balaban J connectivity index is 2.60. The molecule has 0 unspecified atom stereocenters. The van der Waals surface area contributed by atoms with E-state index in [1.807, 2.05) is 0 Å². The zero-order chi connectivity index (χ0) is 14.0. The van der Waals surface area contributed by atoms with Crippen molar-refractivity contribution in [2.24, 2.45) is 0 Å². The summed E-state index contributed by atoms with van der Waals surface area (Å²) in [4.78, 5) is 24.4. The number of hydrogen-bond acceptors (Lipinski definition) is 4. The third-order valence-electron chi connectivity index (χ3n) is 2.51. The quantitative estimate of drug-likeness (QED) is 0.712. The summed E-state index contributed by atoms with van der Waals surface area (Å²) in [7, 11) is 0. The summed E-state index contributed by atoms with van der Waals surface area (Å²) in [6.45, 7) is 6.78. The third kappa shape index (κ3) is 3.58. The molecule has 1 heterocycles. The van der Waals surface area contributed by atoms with E-state index in [4.69, 9.17) is 4.74 Å². The van der Waals surface area contributed by atoms with Crippen LogP contribution in [0.4, 0.5) is 9.18 Å². The first-order valence-electron chi connectivity index (χ1n) is 6.02. The van der Waals surface area contributed by atoms with Crippen LogP contribution in [0.15, 0.2) is 0 Å². The number of alkyl halides is 1. The lowest BCUT2D eigenvalue weighted by Crippen LogP contribution is -2.41. The molecular formula is C12H20FNO4. The van der Waals surface area contributed by atoms with E-state index in [1.54, 1.807) is 27.7 Å². The zero-order valence-corrected chi connectivity index (χ0v) is 11.3. The van der Waals surface area contributed by atoms with E-state index in [-0.39, 0.29) is 26.1 Å². The van der Waals surface area contributed by atoms with Crippen molar-refractivity contribution in [2.45, 2.75) is 45.4 Å². The van der Waals surface area contributed by atoms with Crippen LogP contribution in [0.25, 0.3) is 0 Å². The van der Waals surface area contributed by atoms with Crippen LogP contribution in [0.2, 0.25) is 0 Å². The van der Waals surface area contributed by atoms with Gasteiger partial charge in [0.05, 0.1) is 13.2 Å². The minimum absolute atomic E-state index is 0.0505. The molecule has 0 aromatic carbocycles. The Morgan fingerprint density at radius 2 is 2.00 bits per heavy atom. The average Bonchev–Trinajstić information content (AvgIpc) is 2.60. The van der Waals surface area contributed by atoms with Gasteiger partial charge in [-0.05, 0) is 27.7 Å². The number of rotatable bonds is 2. The SMILES string of the molecule is CCOC(=O)[C@]1(F)CCN(C(=O)OC(C)(C)C)C1. The summed E-state index contributed by atoms with van der Waals surface area (Å²) in [5.74, 6) is -0.906. The second kappa shape index (κ2) is 5.12. The summed E-state index contributed by atoms with van der Waals surface area (Å²) < 4.78 is 24.0. The number of nitrogens with zero attached hydrogens (tertiary/aromatic N) is 1. The lowest BCUT2D eigenvalue weighted by Gasteiger charge is -2.24. The second-order valence-electron chi connectivity index (χ2n) is 5.34. The first-order valence-corrected chi connectivity index (χ1v) is 6.02. The van der Waals surface area contributed by atoms with E-state index in [9.17, 15) is 14.0 Å². The maximum Gasteiger partial charge on any atom is 0.410 e. The molecular weight excluding hydrogens is 241 g/mol. The van der Waals surface area contributed by atoms with E-state index < -0.39 is 23.3 Å². The summed E-state index contributed by atoms with van der Waals surface area (Å²) in [6, 6.07) is 0. The maximum atomic E-state index is 14.2. The fraction of sp³-hybridized carbons (Fsp3) is 0.833. The van der Waals surface area contributed by atoms with Crippen molar-refractivity contribution in [2.75, 3.05) is 19.7 Å². The van der Waals surface area contributed by atoms with E-state index in [0.29, 0.717) is 0 Å². The Kier molecular flexibility index (Phi) is 4.19. The molecule has 0 aromatic rings. The number of ether oxygens (including phenoxy) is 2. The van der Waals surface area contributed by atoms with E-state index in [2.05, 4.69) is 4.74 Å². The number of carbonyl (C=O) groups excluding carboxylic acids is 2. The van der Waals surface area contributed by atoms with Crippen molar-refractivity contribution < 1.29 is 23.5 Å². The van der Waals surface area contributed by atoms with E-state index >= 15 is 0 Å². The molecule has 1 aliphatic heterocycles. The number of esters is 1. The molecule has 18 heavy (non-hydrogen) atoms. The maximum absolute atomic E-state index is 14.2. The fourth-order valence-corrected chi connectivity index (χ4v) is 1.68. The predicted molar refractivity (Wildman–Crippen MR) is 62.9 cm³/mol. The molecule has 1 saturated heterocycles. The largest absolute Gasteiger partial charge is 0.464 e. The molecule has 1 amide bonds. The van der Waals surface area contributed by atoms with Crippen LogP contribution >= 0.6 is 0 Å². The first kappa shape index (κ1) is 14.7. The van der Waals surface area contributed by atoms with Crippen molar-refractivity contribution in [1.29, 1.82) is 0 Å². The molecule has 1 aliphatic rings. The molecule has 0 radical (unpaired) electrons. The highest BCUT2D eigenvalue weighted by Crippen LogP contribution is 2.28. The summed E-state index contributed by atoms with van der Waals surface area (Å²) in [5.41, 5.74) is -2.74. The molecule has 5 nitrogen and oxygen atoms in total. The Bertz CT molecular complexity index is 339. The molecule has 6 heteroatoms. The molecule has 0 saturated carbocycles. The normalized spacial score (nSPS) is 23.9. The highest BCUT2D eigenvalue weighted by Gasteiger charge is 2.48. The molecule has 1 atom stereocenters. The fourth-order valence-electron chi connectivity index (χ4n) is 1.68. The Labute approximate surface area is 106 Å². The van der Waals surface area contributed by atoms with Crippen molar-refractivity contribution in [3.63, 3.8) is 0 Å². The number of amides is 1. The van der Waals surface area contributed by atoms with Crippen LogP contribution in [0.5, 0.6) is 0 Å². The smallest absolute Gasteiger partial charge is 0.410 e. The number of hydrogen-bond donors (Lipinski definition) is 0. The van der Waals surface area contributed by atoms with Gasteiger partial charge in [-0.3, -0.25) is 0 Å². The topological polar surface area (TPSA) is 55.8 Å². The van der Waals surface area contributed by atoms with Gasteiger partial charge in [-0.2, -0.15) is 0 Å². The molecule has 0 N–H and O–H groups in total. The van der Waals surface area contributed by atoms with Gasteiger partial charge in [-0.25, -0.2) is 14.0 Å². The van der Waals surface area contributed by atoms with Gasteiger partial charge in [0.2, 0.25) is 5.67 Å². The molecule has 1 rings (SSSR count). The molecule has 0 spiro atoms. The molecule has 0 bridgehead atoms. The van der Waals surface area contributed by atoms with Gasteiger partial charge in [0.1, 0.15) is 5.60 Å². The van der Waals surface area contributed by atoms with Crippen LogP contribution in [-0.2, 0) is 14.3 Å². The van der Waals surface area contributed by atoms with E-state index in [1.165, 1.54) is 4.90 Å². The van der Waals surface area contributed by atoms with Gasteiger partial charge in [0.25, 0.3) is 0 Å². The standard InChI is InChI=1S/C12H20FNO4/c1-5-17-9(15)12(13)6-7-14(8-12)10(16)18-11(2,3)4/h5-8H2,1-4H3/t12-/m0/s1. The number of carbonyl (C=O) groups is 2. The lowest BCUT2D eigenvalue weighted by atomic mass is 10.1. The lowest BCUT2D eigenvalue weighted by molar-refractivity contribution is -0.156. The van der Waals surface area contributed by atoms with Gasteiger partial charge < -0.3 is 14.4 Å². The van der Waals surface area contributed by atoms with Crippen LogP contribution in [0.3, 0.4) is 0 Å². The van der Waals surface area contributed by atoms with Gasteiger partial charge in [0, 0.05) is 13.0 Å². The Hall–Kier alpha value is -1.33. The average molecular weight is 261 g/mol. The Morgan fingerprint density at radius 1 is 1.39 bits per heavy atom. The Morgan fingerprint density at radius 3 is 2.50 bits per heavy atom. The highest BCUT2D eigenvalue weighted by atomic mass is 19.1. The monoisotopic (exact) mass is 261 g/mol. The third-order valence-corrected chi connectivity index (χ3v) is 2.51. The summed E-state index contributed by atoms with van der Waals surface area (Å²) >= 11 is 0. The van der Waals surface area contributed by atoms with Crippen molar-refractivity contribution >= 4 is 12.1 Å². The van der Waals surface area contributed by atoms with Gasteiger partial charge in [-0.15, -0.1) is 0 Å². The zero-order valence-electron chi connectivity index (χ0n) is 11.3. The van der Waals surface area contributed by atoms with Crippen molar-refractivity contribution in [3.05, 3.63) is 0 Å². The number of likely N-dealkylation sites (tertiary alicyclic amines) is 1. The summed E-state index contributed by atoms with van der Waals surface area (Å²) in [5, 5.41) is 0. The molecule has 0 aliphatic carbocycles. The van der Waals surface area contributed by atoms with Gasteiger partial charge in [0.15, 0.2) is 0 Å². The second-order valence-corrected chi connectivity index (χ2v) is 5.34. The van der Waals surface area contributed by atoms with Crippen LogP contribution in [0.1, 0.15) is 34.1 Å². The summed E-state index contributed by atoms with van der Waals surface area (Å²) in [6.07, 6.45) is -0.656. The first-order chi connectivity index (χ1) is 8.18. The van der Waals surface area contributed by atoms with E-state index in [0.717, 1.165) is 0 Å². The molecule has 1 fully saturated rings. The van der Waals surface area contributed by atoms with Gasteiger partial charge >= 0.3 is 12.1 Å². The van der Waals surface area contributed by atoms with Gasteiger partial charge in [-0.1, -0.05) is 0 Å². The van der Waals surface area contributed by atoms with Crippen LogP contribution in [0, 0.1) is 0 Å². The minimum atomic E-state index is -2.10. The minimum Gasteiger partial charge on any atom is -0.464 e. The molecule has 0 aromatic heterocycles. The van der Waals surface area contributed by atoms with Crippen LogP contribution < -0.4 is 0 Å². The van der Waals surface area contributed by atoms with Crippen LogP contribution in [-0.4, -0.2) is 47.9 Å².